The summed E-state index contributed by atoms with van der Waals surface area (Å²) in [4.78, 5) is 26.8. The number of carbonyl (C=O) groups excluding carboxylic acids is 2. The molecule has 1 rings (SSSR count). The van der Waals surface area contributed by atoms with Gasteiger partial charge in [0.15, 0.2) is 11.9 Å². The number of hydrogen-bond donors (Lipinski definition) is 2. The Morgan fingerprint density at radius 2 is 2.18 bits per heavy atom. The molecule has 0 aliphatic carbocycles. The number of aliphatic hydroxyl groups is 1. The molecule has 1 aromatic rings. The third-order valence-electron chi connectivity index (χ3n) is 2.08. The number of nitrogens with one attached hydrogen (secondary N) is 1. The Kier molecular flexibility index (Phi) is 4.22. The third kappa shape index (κ3) is 3.04. The number of carbonyl (C=O) groups is 2. The molecular weight excluding hydrogens is 228 g/mol. The van der Waals surface area contributed by atoms with E-state index in [0.29, 0.717) is 11.6 Å². The summed E-state index contributed by atoms with van der Waals surface area (Å²) in [7, 11) is 1.17. The summed E-state index contributed by atoms with van der Waals surface area (Å²) in [6.45, 7) is 2.66. The molecular formula is C10H14N2O5. The van der Waals surface area contributed by atoms with Crippen molar-refractivity contribution in [3.63, 3.8) is 0 Å². The molecule has 7 heteroatoms. The fraction of sp³-hybridized carbons (Fsp3) is 0.500. The number of amides is 1. The lowest BCUT2D eigenvalue weighted by Crippen LogP contribution is -2.44. The summed E-state index contributed by atoms with van der Waals surface area (Å²) in [5, 5.41) is 11.2. The lowest BCUT2D eigenvalue weighted by atomic mass is 10.3. The average molecular weight is 242 g/mol. The second-order valence-corrected chi connectivity index (χ2v) is 3.38. The molecule has 0 fully saturated rings. The number of oxazole rings is 1. The average Bonchev–Trinajstić information content (AvgIpc) is 2.64. The zero-order valence-corrected chi connectivity index (χ0v) is 9.81. The highest BCUT2D eigenvalue weighted by molar-refractivity contribution is 5.95. The topological polar surface area (TPSA) is 102 Å². The van der Waals surface area contributed by atoms with E-state index in [1.54, 1.807) is 13.8 Å². The van der Waals surface area contributed by atoms with Gasteiger partial charge in [-0.15, -0.1) is 0 Å². The third-order valence-corrected chi connectivity index (χ3v) is 2.08. The minimum absolute atomic E-state index is 0.0184. The van der Waals surface area contributed by atoms with E-state index in [-0.39, 0.29) is 5.76 Å². The van der Waals surface area contributed by atoms with Gasteiger partial charge in [0.1, 0.15) is 0 Å². The van der Waals surface area contributed by atoms with Gasteiger partial charge in [-0.3, -0.25) is 4.79 Å². The lowest BCUT2D eigenvalue weighted by molar-refractivity contribution is -0.143. The first kappa shape index (κ1) is 13.2. The molecule has 2 N–H and O–H groups in total. The number of aliphatic hydroxyl groups excluding tert-OH is 1. The number of esters is 1. The van der Waals surface area contributed by atoms with E-state index in [9.17, 15) is 9.59 Å². The Labute approximate surface area is 97.8 Å². The van der Waals surface area contributed by atoms with Gasteiger partial charge in [-0.1, -0.05) is 0 Å². The first-order valence-electron chi connectivity index (χ1n) is 4.93. The predicted molar refractivity (Wildman–Crippen MR) is 56.3 cm³/mol. The summed E-state index contributed by atoms with van der Waals surface area (Å²) in [6, 6.07) is -1.11. The normalized spacial score (nSPS) is 12.0. The zero-order chi connectivity index (χ0) is 13.0. The Morgan fingerprint density at radius 3 is 2.59 bits per heavy atom. The summed E-state index contributed by atoms with van der Waals surface area (Å²) in [6.07, 6.45) is 0. The van der Waals surface area contributed by atoms with Gasteiger partial charge in [0.2, 0.25) is 5.76 Å². The van der Waals surface area contributed by atoms with Crippen LogP contribution in [-0.2, 0) is 9.53 Å². The van der Waals surface area contributed by atoms with Crippen LogP contribution in [0.25, 0.3) is 0 Å². The van der Waals surface area contributed by atoms with Crippen molar-refractivity contribution in [2.45, 2.75) is 19.9 Å². The standard InChI is InChI=1S/C10H14N2O5/c1-5-8(17-6(2)11-5)9(14)12-7(4-13)10(15)16-3/h7,13H,4H2,1-3H3,(H,12,14). The molecule has 17 heavy (non-hydrogen) atoms. The van der Waals surface area contributed by atoms with Crippen LogP contribution >= 0.6 is 0 Å². The first-order chi connectivity index (χ1) is 7.99. The summed E-state index contributed by atoms with van der Waals surface area (Å²) in [5.74, 6) is -0.974. The Hall–Kier alpha value is -1.89. The van der Waals surface area contributed by atoms with Gasteiger partial charge in [0.25, 0.3) is 5.91 Å². The maximum atomic E-state index is 11.7. The van der Waals surface area contributed by atoms with Crippen LogP contribution in [0.15, 0.2) is 4.42 Å². The number of methoxy groups -OCH3 is 1. The van der Waals surface area contributed by atoms with Gasteiger partial charge in [-0.2, -0.15) is 0 Å². The molecule has 0 aliphatic rings. The first-order valence-corrected chi connectivity index (χ1v) is 4.93. The molecule has 0 aliphatic heterocycles. The van der Waals surface area contributed by atoms with E-state index in [2.05, 4.69) is 15.0 Å². The molecule has 1 atom stereocenters. The minimum atomic E-state index is -1.11. The van der Waals surface area contributed by atoms with Crippen molar-refractivity contribution in [1.82, 2.24) is 10.3 Å². The fourth-order valence-electron chi connectivity index (χ4n) is 1.29. The van der Waals surface area contributed by atoms with Gasteiger partial charge in [-0.05, 0) is 6.92 Å². The highest BCUT2D eigenvalue weighted by atomic mass is 16.5. The van der Waals surface area contributed by atoms with E-state index in [1.807, 2.05) is 0 Å². The molecule has 7 nitrogen and oxygen atoms in total. The molecule has 94 valence electrons. The lowest BCUT2D eigenvalue weighted by Gasteiger charge is -2.12. The highest BCUT2D eigenvalue weighted by Gasteiger charge is 2.24. The quantitative estimate of drug-likeness (QED) is 0.694. The van der Waals surface area contributed by atoms with E-state index in [4.69, 9.17) is 9.52 Å². The Bertz CT molecular complexity index is 426. The summed E-state index contributed by atoms with van der Waals surface area (Å²) >= 11 is 0. The van der Waals surface area contributed by atoms with Crippen LogP contribution in [0.5, 0.6) is 0 Å². The van der Waals surface area contributed by atoms with Crippen molar-refractivity contribution in [3.8, 4) is 0 Å². The number of rotatable bonds is 4. The van der Waals surface area contributed by atoms with E-state index in [1.165, 1.54) is 7.11 Å². The van der Waals surface area contributed by atoms with Crippen LogP contribution in [0.4, 0.5) is 0 Å². The smallest absolute Gasteiger partial charge is 0.330 e. The van der Waals surface area contributed by atoms with E-state index < -0.39 is 24.5 Å². The molecule has 1 aromatic heterocycles. The Balaban J connectivity index is 2.78. The molecule has 0 radical (unpaired) electrons. The molecule has 1 amide bonds. The van der Waals surface area contributed by atoms with E-state index in [0.717, 1.165) is 0 Å². The highest BCUT2D eigenvalue weighted by Crippen LogP contribution is 2.09. The number of aromatic nitrogens is 1. The SMILES string of the molecule is COC(=O)C(CO)NC(=O)c1oc(C)nc1C. The van der Waals surface area contributed by atoms with Crippen LogP contribution < -0.4 is 5.32 Å². The van der Waals surface area contributed by atoms with Crippen LogP contribution in [-0.4, -0.2) is 41.7 Å². The summed E-state index contributed by atoms with van der Waals surface area (Å²) in [5.41, 5.74) is 0.418. The molecule has 0 bridgehead atoms. The van der Waals surface area contributed by atoms with Crippen molar-refractivity contribution in [2.75, 3.05) is 13.7 Å². The molecule has 0 spiro atoms. The van der Waals surface area contributed by atoms with Gasteiger partial charge >= 0.3 is 5.97 Å². The molecule has 0 saturated heterocycles. The van der Waals surface area contributed by atoms with Gasteiger partial charge < -0.3 is 19.6 Å². The van der Waals surface area contributed by atoms with Crippen LogP contribution in [0.2, 0.25) is 0 Å². The monoisotopic (exact) mass is 242 g/mol. The predicted octanol–water partition coefficient (Wildman–Crippen LogP) is -0.445. The van der Waals surface area contributed by atoms with Gasteiger partial charge in [0.05, 0.1) is 19.4 Å². The zero-order valence-electron chi connectivity index (χ0n) is 9.81. The van der Waals surface area contributed by atoms with Gasteiger partial charge in [-0.25, -0.2) is 9.78 Å². The largest absolute Gasteiger partial charge is 0.467 e. The van der Waals surface area contributed by atoms with E-state index >= 15 is 0 Å². The van der Waals surface area contributed by atoms with Gasteiger partial charge in [0, 0.05) is 6.92 Å². The number of ether oxygens (including phenoxy) is 1. The maximum Gasteiger partial charge on any atom is 0.330 e. The molecule has 1 heterocycles. The minimum Gasteiger partial charge on any atom is -0.467 e. The number of aryl methyl sites for hydroxylation is 2. The van der Waals surface area contributed by atoms with Crippen molar-refractivity contribution >= 4 is 11.9 Å². The fourth-order valence-corrected chi connectivity index (χ4v) is 1.29. The van der Waals surface area contributed by atoms with Crippen LogP contribution in [0.1, 0.15) is 22.1 Å². The number of nitrogens with zero attached hydrogens (tertiary/aromatic N) is 1. The summed E-state index contributed by atoms with van der Waals surface area (Å²) < 4.78 is 9.49. The van der Waals surface area contributed by atoms with Crippen LogP contribution in [0.3, 0.4) is 0 Å². The Morgan fingerprint density at radius 1 is 1.53 bits per heavy atom. The molecule has 1 unspecified atom stereocenters. The van der Waals surface area contributed by atoms with Crippen molar-refractivity contribution in [3.05, 3.63) is 17.3 Å². The van der Waals surface area contributed by atoms with Crippen molar-refractivity contribution in [2.24, 2.45) is 0 Å². The van der Waals surface area contributed by atoms with Crippen molar-refractivity contribution < 1.29 is 23.8 Å². The molecule has 0 aromatic carbocycles. The molecule has 0 saturated carbocycles. The second-order valence-electron chi connectivity index (χ2n) is 3.38. The van der Waals surface area contributed by atoms with Crippen LogP contribution in [0, 0.1) is 13.8 Å². The second kappa shape index (κ2) is 5.44. The maximum absolute atomic E-state index is 11.7. The van der Waals surface area contributed by atoms with Crippen molar-refractivity contribution in [1.29, 1.82) is 0 Å². The number of hydrogen-bond acceptors (Lipinski definition) is 6.